The Hall–Kier alpha value is -2.55. The van der Waals surface area contributed by atoms with Crippen molar-refractivity contribution < 1.29 is 27.4 Å². The van der Waals surface area contributed by atoms with Gasteiger partial charge in [-0.2, -0.15) is 0 Å². The lowest BCUT2D eigenvalue weighted by molar-refractivity contribution is 0.0524. The fourth-order valence-corrected chi connectivity index (χ4v) is 5.92. The smallest absolute Gasteiger partial charge is 0.343 e. The summed E-state index contributed by atoms with van der Waals surface area (Å²) >= 11 is 0. The molecule has 1 aliphatic carbocycles. The number of hydrogen-bond donors (Lipinski definition) is 0. The molecule has 1 aliphatic rings. The van der Waals surface area contributed by atoms with Gasteiger partial charge in [0.05, 0.1) is 36.0 Å². The Balaban J connectivity index is 1.90. The van der Waals surface area contributed by atoms with Gasteiger partial charge in [-0.1, -0.05) is 51.9 Å². The number of rotatable bonds is 16. The van der Waals surface area contributed by atoms with Crippen molar-refractivity contribution in [3.8, 4) is 11.5 Å². The maximum Gasteiger partial charge on any atom is 0.343 e. The summed E-state index contributed by atoms with van der Waals surface area (Å²) in [6, 6.07) is 3.02. The minimum atomic E-state index is -3.79. The first-order valence-electron chi connectivity index (χ1n) is 13.3. The molecule has 1 saturated carbocycles. The lowest BCUT2D eigenvalue weighted by Gasteiger charge is -2.17. The molecule has 0 unspecified atom stereocenters. The Bertz CT molecular complexity index is 1200. The Morgan fingerprint density at radius 3 is 2.17 bits per heavy atom. The number of nitrogens with zero attached hydrogens (tertiary/aromatic N) is 1. The number of unbranched alkanes of at least 4 members (excludes halogenated alkanes) is 7. The van der Waals surface area contributed by atoms with E-state index in [9.17, 15) is 18.0 Å². The number of fused-ring (bicyclic) bond motifs is 1. The van der Waals surface area contributed by atoms with Gasteiger partial charge in [-0.3, -0.25) is 4.79 Å². The van der Waals surface area contributed by atoms with E-state index >= 15 is 0 Å². The third-order valence-corrected chi connectivity index (χ3v) is 8.47. The van der Waals surface area contributed by atoms with Crippen LogP contribution in [0.25, 0.3) is 10.9 Å². The highest BCUT2D eigenvalue weighted by molar-refractivity contribution is 7.91. The van der Waals surface area contributed by atoms with Gasteiger partial charge in [-0.15, -0.1) is 0 Å². The van der Waals surface area contributed by atoms with Crippen molar-refractivity contribution in [3.63, 3.8) is 0 Å². The largest absolute Gasteiger partial charge is 0.490 e. The van der Waals surface area contributed by atoms with Crippen LogP contribution in [0.2, 0.25) is 0 Å². The fourth-order valence-electron chi connectivity index (χ4n) is 4.19. The number of carbonyl (C=O) groups excluding carboxylic acids is 1. The predicted molar refractivity (Wildman–Crippen MR) is 141 cm³/mol. The zero-order chi connectivity index (χ0) is 26.1. The summed E-state index contributed by atoms with van der Waals surface area (Å²) in [4.78, 5) is 25.7. The van der Waals surface area contributed by atoms with E-state index in [0.29, 0.717) is 37.6 Å². The number of aromatic nitrogens is 1. The summed E-state index contributed by atoms with van der Waals surface area (Å²) in [7, 11) is -3.79. The van der Waals surface area contributed by atoms with Crippen LogP contribution in [0.15, 0.2) is 23.1 Å². The van der Waals surface area contributed by atoms with Gasteiger partial charge in [0.15, 0.2) is 11.5 Å². The summed E-state index contributed by atoms with van der Waals surface area (Å²) < 4.78 is 44.2. The summed E-state index contributed by atoms with van der Waals surface area (Å²) in [5.41, 5.74) is -0.736. The standard InChI is InChI=1S/C27H39NO7S/c1-4-7-8-9-10-11-12-13-16-35-24-17-21-23(18-25(24)33-5-2)28(36(31,32)20-14-15-20)19-22(26(21)29)27(30)34-6-3/h17-20H,4-16H2,1-3H3. The Morgan fingerprint density at radius 1 is 0.917 bits per heavy atom. The van der Waals surface area contributed by atoms with Gasteiger partial charge in [-0.05, 0) is 39.2 Å². The highest BCUT2D eigenvalue weighted by Gasteiger charge is 2.38. The van der Waals surface area contributed by atoms with Crippen molar-refractivity contribution in [2.24, 2.45) is 0 Å². The number of pyridine rings is 1. The number of hydrogen-bond acceptors (Lipinski definition) is 7. The molecule has 0 amide bonds. The molecule has 1 fully saturated rings. The first-order chi connectivity index (χ1) is 17.3. The van der Waals surface area contributed by atoms with Crippen LogP contribution in [0.4, 0.5) is 0 Å². The van der Waals surface area contributed by atoms with Gasteiger partial charge in [-0.25, -0.2) is 17.2 Å². The van der Waals surface area contributed by atoms with E-state index in [1.807, 2.05) is 6.92 Å². The number of carbonyl (C=O) groups is 1. The normalized spacial score (nSPS) is 13.6. The third-order valence-electron chi connectivity index (χ3n) is 6.31. The van der Waals surface area contributed by atoms with Crippen molar-refractivity contribution in [1.82, 2.24) is 3.97 Å². The van der Waals surface area contributed by atoms with Crippen LogP contribution in [0.1, 0.15) is 95.3 Å². The molecule has 0 radical (unpaired) electrons. The quantitative estimate of drug-likeness (QED) is 0.214. The molecule has 2 aromatic rings. The third kappa shape index (κ3) is 6.81. The van der Waals surface area contributed by atoms with Crippen LogP contribution < -0.4 is 14.9 Å². The molecule has 0 bridgehead atoms. The average molecular weight is 522 g/mol. The number of ether oxygens (including phenoxy) is 3. The molecule has 0 atom stereocenters. The lowest BCUT2D eigenvalue weighted by Crippen LogP contribution is -2.26. The molecule has 1 aromatic carbocycles. The first-order valence-corrected chi connectivity index (χ1v) is 14.8. The molecule has 36 heavy (non-hydrogen) atoms. The molecular formula is C27H39NO7S. The van der Waals surface area contributed by atoms with Gasteiger partial charge in [0.1, 0.15) is 5.56 Å². The Morgan fingerprint density at radius 2 is 1.56 bits per heavy atom. The van der Waals surface area contributed by atoms with Crippen LogP contribution in [0.5, 0.6) is 11.5 Å². The summed E-state index contributed by atoms with van der Waals surface area (Å²) in [5, 5.41) is -0.453. The SMILES string of the molecule is CCCCCCCCCCOc1cc2c(=O)c(C(=O)OCC)cn(S(=O)(=O)C3CC3)c2cc1OCC. The van der Waals surface area contributed by atoms with Gasteiger partial charge in [0, 0.05) is 12.3 Å². The monoisotopic (exact) mass is 521 g/mol. The lowest BCUT2D eigenvalue weighted by atomic mass is 10.1. The van der Waals surface area contributed by atoms with Crippen molar-refractivity contribution in [1.29, 1.82) is 0 Å². The summed E-state index contributed by atoms with van der Waals surface area (Å²) in [6.45, 7) is 6.53. The van der Waals surface area contributed by atoms with Crippen molar-refractivity contribution >= 4 is 26.9 Å². The van der Waals surface area contributed by atoms with E-state index in [-0.39, 0.29) is 23.1 Å². The molecule has 0 N–H and O–H groups in total. The number of benzene rings is 1. The van der Waals surface area contributed by atoms with E-state index in [1.165, 1.54) is 44.2 Å². The minimum absolute atomic E-state index is 0.0714. The molecule has 1 heterocycles. The van der Waals surface area contributed by atoms with Crippen LogP contribution in [0, 0.1) is 0 Å². The maximum atomic E-state index is 13.2. The summed E-state index contributed by atoms with van der Waals surface area (Å²) in [6.07, 6.45) is 11.5. The zero-order valence-corrected chi connectivity index (χ0v) is 22.5. The second-order valence-electron chi connectivity index (χ2n) is 9.20. The topological polar surface area (TPSA) is 101 Å². The highest BCUT2D eigenvalue weighted by atomic mass is 32.2. The van der Waals surface area contributed by atoms with Gasteiger partial charge in [0.2, 0.25) is 15.5 Å². The van der Waals surface area contributed by atoms with Crippen molar-refractivity contribution in [3.05, 3.63) is 34.1 Å². The molecule has 0 saturated heterocycles. The van der Waals surface area contributed by atoms with Gasteiger partial charge >= 0.3 is 5.97 Å². The van der Waals surface area contributed by atoms with Crippen LogP contribution in [-0.2, 0) is 14.8 Å². The highest BCUT2D eigenvalue weighted by Crippen LogP contribution is 2.36. The zero-order valence-electron chi connectivity index (χ0n) is 21.7. The van der Waals surface area contributed by atoms with Crippen LogP contribution in [0.3, 0.4) is 0 Å². The van der Waals surface area contributed by atoms with E-state index < -0.39 is 26.7 Å². The first kappa shape index (κ1) is 28.0. The maximum absolute atomic E-state index is 13.2. The molecule has 0 aliphatic heterocycles. The van der Waals surface area contributed by atoms with Crippen molar-refractivity contribution in [2.45, 2.75) is 90.2 Å². The van der Waals surface area contributed by atoms with E-state index in [0.717, 1.165) is 29.4 Å². The second kappa shape index (κ2) is 13.1. The van der Waals surface area contributed by atoms with Gasteiger partial charge < -0.3 is 14.2 Å². The second-order valence-corrected chi connectivity index (χ2v) is 11.3. The molecule has 200 valence electrons. The molecule has 3 rings (SSSR count). The Labute approximate surface area is 214 Å². The minimum Gasteiger partial charge on any atom is -0.490 e. The Kier molecular flexibility index (Phi) is 10.2. The molecular weight excluding hydrogens is 482 g/mol. The average Bonchev–Trinajstić information content (AvgIpc) is 3.70. The van der Waals surface area contributed by atoms with Gasteiger partial charge in [0.25, 0.3) is 0 Å². The molecule has 0 spiro atoms. The van der Waals surface area contributed by atoms with Crippen LogP contribution in [-0.4, -0.2) is 43.4 Å². The van der Waals surface area contributed by atoms with E-state index in [2.05, 4.69) is 6.92 Å². The van der Waals surface area contributed by atoms with E-state index in [1.54, 1.807) is 6.92 Å². The summed E-state index contributed by atoms with van der Waals surface area (Å²) in [5.74, 6) is -0.118. The van der Waals surface area contributed by atoms with Crippen molar-refractivity contribution in [2.75, 3.05) is 19.8 Å². The molecule has 1 aromatic heterocycles. The molecule has 8 nitrogen and oxygen atoms in total. The van der Waals surface area contributed by atoms with Crippen LogP contribution >= 0.6 is 0 Å². The predicted octanol–water partition coefficient (Wildman–Crippen LogP) is 5.44. The molecule has 9 heteroatoms. The van der Waals surface area contributed by atoms with E-state index in [4.69, 9.17) is 14.2 Å². The fraction of sp³-hybridized carbons (Fsp3) is 0.630. The number of esters is 1.